The van der Waals surface area contributed by atoms with Crippen LogP contribution in [0.2, 0.25) is 0 Å². The Kier molecular flexibility index (Phi) is 4.69. The van der Waals surface area contributed by atoms with Crippen LogP contribution in [0.15, 0.2) is 18.2 Å². The van der Waals surface area contributed by atoms with Crippen LogP contribution in [0.25, 0.3) is 0 Å². The Morgan fingerprint density at radius 2 is 2.06 bits per heavy atom. The first-order valence-electron chi connectivity index (χ1n) is 5.64. The smallest absolute Gasteiger partial charge is 0.241 e. The first-order chi connectivity index (χ1) is 8.49. The van der Waals surface area contributed by atoms with E-state index in [0.717, 1.165) is 11.3 Å². The van der Waals surface area contributed by atoms with Crippen LogP contribution < -0.4 is 10.6 Å². The Morgan fingerprint density at radius 3 is 2.56 bits per heavy atom. The molecule has 18 heavy (non-hydrogen) atoms. The van der Waals surface area contributed by atoms with Gasteiger partial charge in [0, 0.05) is 27.7 Å². The zero-order valence-corrected chi connectivity index (χ0v) is 11.0. The first kappa shape index (κ1) is 14.0. The van der Waals surface area contributed by atoms with E-state index in [9.17, 15) is 4.79 Å². The van der Waals surface area contributed by atoms with Gasteiger partial charge in [-0.1, -0.05) is 6.07 Å². The zero-order chi connectivity index (χ0) is 13.7. The van der Waals surface area contributed by atoms with Gasteiger partial charge in [-0.3, -0.25) is 4.79 Å². The van der Waals surface area contributed by atoms with Gasteiger partial charge in [-0.25, -0.2) is 0 Å². The van der Waals surface area contributed by atoms with Crippen molar-refractivity contribution in [3.63, 3.8) is 0 Å². The molecule has 2 N–H and O–H groups in total. The monoisotopic (exact) mass is 246 g/mol. The van der Waals surface area contributed by atoms with E-state index >= 15 is 0 Å². The number of carbonyl (C=O) groups excluding carboxylic acids is 1. The number of nitrogens with zero attached hydrogens (tertiary/aromatic N) is 3. The topological polar surface area (TPSA) is 73.4 Å². The van der Waals surface area contributed by atoms with E-state index in [2.05, 4.69) is 6.07 Å². The Balaban J connectivity index is 2.96. The van der Waals surface area contributed by atoms with Crippen LogP contribution in [-0.4, -0.2) is 38.5 Å². The number of rotatable bonds is 4. The molecule has 0 bridgehead atoms. The number of benzene rings is 1. The summed E-state index contributed by atoms with van der Waals surface area (Å²) in [6.45, 7) is 0.638. The van der Waals surface area contributed by atoms with E-state index < -0.39 is 0 Å². The third-order valence-corrected chi connectivity index (χ3v) is 2.70. The average molecular weight is 246 g/mol. The predicted molar refractivity (Wildman–Crippen MR) is 71.0 cm³/mol. The highest BCUT2D eigenvalue weighted by atomic mass is 16.2. The molecule has 0 fully saturated rings. The normalized spacial score (nSPS) is 9.72. The van der Waals surface area contributed by atoms with Crippen LogP contribution in [0.3, 0.4) is 0 Å². The molecule has 0 aliphatic carbocycles. The summed E-state index contributed by atoms with van der Waals surface area (Å²) in [5, 5.41) is 9.12. The summed E-state index contributed by atoms with van der Waals surface area (Å²) < 4.78 is 0. The molecule has 0 spiro atoms. The molecule has 0 heterocycles. The summed E-state index contributed by atoms with van der Waals surface area (Å²) in [4.78, 5) is 14.9. The molecule has 1 aromatic carbocycles. The van der Waals surface area contributed by atoms with Crippen LogP contribution in [0.4, 0.5) is 5.69 Å². The van der Waals surface area contributed by atoms with Crippen molar-refractivity contribution in [2.45, 2.75) is 6.54 Å². The second kappa shape index (κ2) is 6.03. The lowest BCUT2D eigenvalue weighted by Crippen LogP contribution is -2.34. The van der Waals surface area contributed by atoms with E-state index in [0.29, 0.717) is 12.1 Å². The number of amides is 1. The zero-order valence-electron chi connectivity index (χ0n) is 11.0. The molecule has 0 saturated heterocycles. The fourth-order valence-corrected chi connectivity index (χ4v) is 1.56. The summed E-state index contributed by atoms with van der Waals surface area (Å²) in [7, 11) is 5.21. The quantitative estimate of drug-likeness (QED) is 0.841. The lowest BCUT2D eigenvalue weighted by Gasteiger charge is -2.22. The summed E-state index contributed by atoms with van der Waals surface area (Å²) >= 11 is 0. The van der Waals surface area contributed by atoms with Crippen molar-refractivity contribution in [3.8, 4) is 6.07 Å². The van der Waals surface area contributed by atoms with Crippen molar-refractivity contribution in [1.82, 2.24) is 4.90 Å². The summed E-state index contributed by atoms with van der Waals surface area (Å²) in [6.07, 6.45) is 0. The molecule has 5 heteroatoms. The largest absolute Gasteiger partial charge is 0.364 e. The van der Waals surface area contributed by atoms with Gasteiger partial charge in [0.1, 0.15) is 6.07 Å². The molecule has 0 aliphatic rings. The number of likely N-dealkylation sites (N-methyl/N-ethyl adjacent to an activating group) is 2. The molecule has 0 unspecified atom stereocenters. The summed E-state index contributed by atoms with van der Waals surface area (Å²) in [6, 6.07) is 7.58. The van der Waals surface area contributed by atoms with Gasteiger partial charge >= 0.3 is 0 Å². The number of hydrogen-bond donors (Lipinski definition) is 1. The van der Waals surface area contributed by atoms with E-state index in [1.165, 1.54) is 4.90 Å². The van der Waals surface area contributed by atoms with Gasteiger partial charge in [0.15, 0.2) is 0 Å². The molecular weight excluding hydrogens is 228 g/mol. The van der Waals surface area contributed by atoms with Crippen molar-refractivity contribution >= 4 is 11.6 Å². The molecule has 0 aliphatic heterocycles. The van der Waals surface area contributed by atoms with Gasteiger partial charge in [-0.2, -0.15) is 5.26 Å². The fourth-order valence-electron chi connectivity index (χ4n) is 1.56. The van der Waals surface area contributed by atoms with Gasteiger partial charge in [-0.15, -0.1) is 0 Å². The summed E-state index contributed by atoms with van der Waals surface area (Å²) in [5.41, 5.74) is 7.72. The molecule has 5 nitrogen and oxygen atoms in total. The van der Waals surface area contributed by atoms with Crippen molar-refractivity contribution in [1.29, 1.82) is 5.26 Å². The molecule has 0 atom stereocenters. The van der Waals surface area contributed by atoms with E-state index in [1.54, 1.807) is 32.1 Å². The average Bonchev–Trinajstić information content (AvgIpc) is 2.37. The molecule has 1 rings (SSSR count). The molecule has 96 valence electrons. The van der Waals surface area contributed by atoms with Crippen LogP contribution in [0, 0.1) is 11.3 Å². The second-order valence-electron chi connectivity index (χ2n) is 4.31. The Labute approximate surface area is 107 Å². The molecule has 0 radical (unpaired) electrons. The van der Waals surface area contributed by atoms with Crippen molar-refractivity contribution < 1.29 is 4.79 Å². The second-order valence-corrected chi connectivity index (χ2v) is 4.31. The predicted octanol–water partition coefficient (Wildman–Crippen LogP) is 0.541. The van der Waals surface area contributed by atoms with E-state index in [-0.39, 0.29) is 12.5 Å². The highest BCUT2D eigenvalue weighted by Crippen LogP contribution is 2.20. The van der Waals surface area contributed by atoms with Gasteiger partial charge in [0.2, 0.25) is 5.91 Å². The Bertz CT molecular complexity index is 476. The lowest BCUT2D eigenvalue weighted by atomic mass is 10.1. The molecular formula is C13H18N4O. The van der Waals surface area contributed by atoms with Crippen molar-refractivity contribution in [3.05, 3.63) is 29.3 Å². The Morgan fingerprint density at radius 1 is 1.39 bits per heavy atom. The maximum atomic E-state index is 11.6. The highest BCUT2D eigenvalue weighted by Gasteiger charge is 2.12. The minimum absolute atomic E-state index is 0.00992. The van der Waals surface area contributed by atoms with Gasteiger partial charge < -0.3 is 15.5 Å². The number of nitrogens with two attached hydrogens (primary N) is 1. The number of nitriles is 1. The van der Waals surface area contributed by atoms with Gasteiger partial charge in [0.05, 0.1) is 17.8 Å². The van der Waals surface area contributed by atoms with E-state index in [1.807, 2.05) is 12.1 Å². The third kappa shape index (κ3) is 3.22. The minimum Gasteiger partial charge on any atom is -0.364 e. The molecule has 1 aromatic rings. The summed E-state index contributed by atoms with van der Waals surface area (Å²) in [5.74, 6) is -0.00992. The first-order valence-corrected chi connectivity index (χ1v) is 5.64. The maximum Gasteiger partial charge on any atom is 0.241 e. The fraction of sp³-hybridized carbons (Fsp3) is 0.385. The van der Waals surface area contributed by atoms with Crippen LogP contribution in [-0.2, 0) is 11.3 Å². The lowest BCUT2D eigenvalue weighted by molar-refractivity contribution is -0.127. The SMILES string of the molecule is CN(C)C(=O)CN(C)c1ccc(CN)cc1C#N. The highest BCUT2D eigenvalue weighted by molar-refractivity contribution is 5.81. The number of hydrogen-bond acceptors (Lipinski definition) is 4. The van der Waals surface area contributed by atoms with E-state index in [4.69, 9.17) is 11.0 Å². The number of anilines is 1. The molecule has 0 aromatic heterocycles. The minimum atomic E-state index is -0.00992. The molecule has 0 saturated carbocycles. The standard InChI is InChI=1S/C13H18N4O/c1-16(2)13(18)9-17(3)12-5-4-10(7-14)6-11(12)8-15/h4-6H,7,9,14H2,1-3H3. The van der Waals surface area contributed by atoms with Crippen LogP contribution in [0.1, 0.15) is 11.1 Å². The van der Waals surface area contributed by atoms with Gasteiger partial charge in [-0.05, 0) is 17.7 Å². The van der Waals surface area contributed by atoms with Gasteiger partial charge in [0.25, 0.3) is 0 Å². The Hall–Kier alpha value is -2.06. The van der Waals surface area contributed by atoms with Crippen molar-refractivity contribution in [2.24, 2.45) is 5.73 Å². The molecule has 1 amide bonds. The maximum absolute atomic E-state index is 11.6. The van der Waals surface area contributed by atoms with Crippen LogP contribution in [0.5, 0.6) is 0 Å². The van der Waals surface area contributed by atoms with Crippen molar-refractivity contribution in [2.75, 3.05) is 32.6 Å². The number of carbonyl (C=O) groups is 1. The third-order valence-electron chi connectivity index (χ3n) is 2.70. The van der Waals surface area contributed by atoms with Crippen LogP contribution >= 0.6 is 0 Å².